The minimum atomic E-state index is 0.123. The Morgan fingerprint density at radius 1 is 1.11 bits per heavy atom. The van der Waals surface area contributed by atoms with Crippen LogP contribution in [0.25, 0.3) is 10.9 Å². The summed E-state index contributed by atoms with van der Waals surface area (Å²) in [7, 11) is 1.79. The number of aromatic nitrogens is 1. The lowest BCUT2D eigenvalue weighted by atomic mass is 9.97. The van der Waals surface area contributed by atoms with E-state index in [1.165, 1.54) is 16.8 Å². The smallest absolute Gasteiger partial charge is 0.101 e. The molecule has 0 spiro atoms. The standard InChI is InChI=1S/C30H36N6O2/c1-21-18-36(28-8-6-22(15-31)30-26(28)4-3-9-33-30)20-25(38-21)19-34-10-12-35(13-11-34)24-7-5-23-16-32-17-29(37-2)27(23)14-24/h3-9,14,21,25,29,32H,10-13,16-20H2,1-2H3/t21-,25+,29?/m1/s1. The number of nitrogens with zero attached hydrogens (tertiary/aromatic N) is 5. The summed E-state index contributed by atoms with van der Waals surface area (Å²) in [5.74, 6) is 0. The van der Waals surface area contributed by atoms with Crippen LogP contribution in [0.5, 0.6) is 0 Å². The van der Waals surface area contributed by atoms with Gasteiger partial charge in [-0.3, -0.25) is 9.88 Å². The van der Waals surface area contributed by atoms with Crippen molar-refractivity contribution in [2.75, 3.05) is 69.3 Å². The highest BCUT2D eigenvalue weighted by Gasteiger charge is 2.30. The molecule has 1 aromatic heterocycles. The highest BCUT2D eigenvalue weighted by Crippen LogP contribution is 2.31. The van der Waals surface area contributed by atoms with Gasteiger partial charge in [-0.05, 0) is 54.4 Å². The average molecular weight is 513 g/mol. The molecule has 0 aliphatic carbocycles. The molecule has 6 rings (SSSR count). The highest BCUT2D eigenvalue weighted by molar-refractivity contribution is 5.95. The number of hydrogen-bond acceptors (Lipinski definition) is 8. The zero-order valence-corrected chi connectivity index (χ0v) is 22.3. The number of hydrogen-bond donors (Lipinski definition) is 1. The van der Waals surface area contributed by atoms with Gasteiger partial charge in [0.05, 0.1) is 29.4 Å². The first-order valence-electron chi connectivity index (χ1n) is 13.6. The van der Waals surface area contributed by atoms with E-state index in [4.69, 9.17) is 9.47 Å². The van der Waals surface area contributed by atoms with Crippen LogP contribution in [0.2, 0.25) is 0 Å². The second kappa shape index (κ2) is 10.9. The normalized spacial score (nSPS) is 24.3. The predicted octanol–water partition coefficient (Wildman–Crippen LogP) is 3.31. The molecule has 3 aromatic rings. The molecule has 0 amide bonds. The fourth-order valence-corrected chi connectivity index (χ4v) is 6.24. The molecule has 2 fully saturated rings. The Balaban J connectivity index is 1.11. The molecule has 2 aromatic carbocycles. The monoisotopic (exact) mass is 512 g/mol. The third-order valence-electron chi connectivity index (χ3n) is 8.14. The van der Waals surface area contributed by atoms with Gasteiger partial charge in [0.1, 0.15) is 6.07 Å². The van der Waals surface area contributed by atoms with Crippen LogP contribution in [0.15, 0.2) is 48.7 Å². The van der Waals surface area contributed by atoms with Crippen molar-refractivity contribution in [3.8, 4) is 6.07 Å². The third-order valence-corrected chi connectivity index (χ3v) is 8.14. The third kappa shape index (κ3) is 4.95. The van der Waals surface area contributed by atoms with E-state index in [0.29, 0.717) is 5.56 Å². The van der Waals surface area contributed by atoms with Crippen LogP contribution < -0.4 is 15.1 Å². The van der Waals surface area contributed by atoms with E-state index >= 15 is 0 Å². The molecule has 1 N–H and O–H groups in total. The van der Waals surface area contributed by atoms with Crippen molar-refractivity contribution in [2.45, 2.75) is 31.8 Å². The van der Waals surface area contributed by atoms with Gasteiger partial charge in [-0.25, -0.2) is 0 Å². The Morgan fingerprint density at radius 2 is 1.97 bits per heavy atom. The van der Waals surface area contributed by atoms with Crippen molar-refractivity contribution in [1.82, 2.24) is 15.2 Å². The van der Waals surface area contributed by atoms with Crippen LogP contribution in [0.4, 0.5) is 11.4 Å². The number of piperazine rings is 1. The Bertz CT molecular complexity index is 1330. The second-order valence-corrected chi connectivity index (χ2v) is 10.6. The topological polar surface area (TPSA) is 76.9 Å². The predicted molar refractivity (Wildman–Crippen MR) is 150 cm³/mol. The molecule has 3 atom stereocenters. The molecule has 198 valence electrons. The quantitative estimate of drug-likeness (QED) is 0.558. The van der Waals surface area contributed by atoms with Crippen molar-refractivity contribution < 1.29 is 9.47 Å². The average Bonchev–Trinajstić information content (AvgIpc) is 2.96. The van der Waals surface area contributed by atoms with Gasteiger partial charge in [0.15, 0.2) is 0 Å². The Hall–Kier alpha value is -3.22. The molecule has 0 bridgehead atoms. The van der Waals surface area contributed by atoms with Crippen LogP contribution in [-0.2, 0) is 16.0 Å². The van der Waals surface area contributed by atoms with Crippen molar-refractivity contribution in [1.29, 1.82) is 5.26 Å². The van der Waals surface area contributed by atoms with E-state index in [1.807, 2.05) is 12.1 Å². The second-order valence-electron chi connectivity index (χ2n) is 10.6. The maximum absolute atomic E-state index is 9.53. The van der Waals surface area contributed by atoms with Gasteiger partial charge in [-0.1, -0.05) is 6.07 Å². The number of nitriles is 1. The van der Waals surface area contributed by atoms with Crippen molar-refractivity contribution in [2.24, 2.45) is 0 Å². The molecule has 4 heterocycles. The summed E-state index contributed by atoms with van der Waals surface area (Å²) >= 11 is 0. The summed E-state index contributed by atoms with van der Waals surface area (Å²) in [5.41, 5.74) is 6.48. The van der Waals surface area contributed by atoms with E-state index in [2.05, 4.69) is 68.3 Å². The van der Waals surface area contributed by atoms with Gasteiger partial charge in [0, 0.05) is 89.0 Å². The molecule has 2 saturated heterocycles. The Kier molecular flexibility index (Phi) is 7.18. The molecule has 3 aliphatic heterocycles. The molecule has 38 heavy (non-hydrogen) atoms. The van der Waals surface area contributed by atoms with Crippen molar-refractivity contribution >= 4 is 22.3 Å². The van der Waals surface area contributed by atoms with E-state index < -0.39 is 0 Å². The summed E-state index contributed by atoms with van der Waals surface area (Å²) in [6.45, 7) is 10.6. The van der Waals surface area contributed by atoms with Gasteiger partial charge in [0.2, 0.25) is 0 Å². The number of morpholine rings is 1. The van der Waals surface area contributed by atoms with Gasteiger partial charge >= 0.3 is 0 Å². The zero-order valence-electron chi connectivity index (χ0n) is 22.3. The molecule has 8 nitrogen and oxygen atoms in total. The fraction of sp³-hybridized carbons (Fsp3) is 0.467. The summed E-state index contributed by atoms with van der Waals surface area (Å²) in [4.78, 5) is 11.9. The first-order chi connectivity index (χ1) is 18.6. The van der Waals surface area contributed by atoms with Gasteiger partial charge < -0.3 is 24.6 Å². The zero-order chi connectivity index (χ0) is 26.1. The summed E-state index contributed by atoms with van der Waals surface area (Å²) < 4.78 is 12.1. The molecular weight excluding hydrogens is 476 g/mol. The highest BCUT2D eigenvalue weighted by atomic mass is 16.5. The molecule has 8 heteroatoms. The van der Waals surface area contributed by atoms with Crippen molar-refractivity contribution in [3.63, 3.8) is 0 Å². The summed E-state index contributed by atoms with van der Waals surface area (Å²) in [6, 6.07) is 17.1. The van der Waals surface area contributed by atoms with Gasteiger partial charge in [-0.2, -0.15) is 5.26 Å². The number of anilines is 2. The molecule has 0 radical (unpaired) electrons. The van der Waals surface area contributed by atoms with Crippen molar-refractivity contribution in [3.05, 3.63) is 65.4 Å². The number of pyridine rings is 1. The van der Waals surface area contributed by atoms with Crippen LogP contribution in [-0.4, -0.2) is 81.6 Å². The Morgan fingerprint density at radius 3 is 2.79 bits per heavy atom. The Labute approximate surface area is 224 Å². The minimum Gasteiger partial charge on any atom is -0.375 e. The molecule has 3 aliphatic rings. The first-order valence-corrected chi connectivity index (χ1v) is 13.6. The number of benzene rings is 2. The number of methoxy groups -OCH3 is 1. The van der Waals surface area contributed by atoms with Gasteiger partial charge in [0.25, 0.3) is 0 Å². The lowest BCUT2D eigenvalue weighted by Crippen LogP contribution is -2.54. The van der Waals surface area contributed by atoms with Crippen LogP contribution in [0.1, 0.15) is 29.7 Å². The number of ether oxygens (including phenoxy) is 2. The van der Waals surface area contributed by atoms with E-state index in [-0.39, 0.29) is 18.3 Å². The maximum Gasteiger partial charge on any atom is 0.101 e. The van der Waals surface area contributed by atoms with E-state index in [9.17, 15) is 5.26 Å². The van der Waals surface area contributed by atoms with E-state index in [1.54, 1.807) is 13.3 Å². The largest absolute Gasteiger partial charge is 0.375 e. The minimum absolute atomic E-state index is 0.123. The van der Waals surface area contributed by atoms with E-state index in [0.717, 1.165) is 75.5 Å². The van der Waals surface area contributed by atoms with Crippen LogP contribution in [0, 0.1) is 11.3 Å². The lowest BCUT2D eigenvalue weighted by Gasteiger charge is -2.42. The maximum atomic E-state index is 9.53. The summed E-state index contributed by atoms with van der Waals surface area (Å²) in [5, 5.41) is 14.0. The van der Waals surface area contributed by atoms with Crippen LogP contribution >= 0.6 is 0 Å². The number of rotatable bonds is 5. The molecule has 0 saturated carbocycles. The molecular formula is C30H36N6O2. The number of fused-ring (bicyclic) bond motifs is 2. The number of nitrogens with one attached hydrogen (secondary N) is 1. The lowest BCUT2D eigenvalue weighted by molar-refractivity contribution is -0.0327. The summed E-state index contributed by atoms with van der Waals surface area (Å²) in [6.07, 6.45) is 2.15. The van der Waals surface area contributed by atoms with Gasteiger partial charge in [-0.15, -0.1) is 0 Å². The fourth-order valence-electron chi connectivity index (χ4n) is 6.24. The SMILES string of the molecule is COC1CNCc2ccc(N3CCN(C[C@H]4CN(c5ccc(C#N)c6ncccc56)C[C@@H](C)O4)CC3)cc21. The van der Waals surface area contributed by atoms with Crippen LogP contribution in [0.3, 0.4) is 0 Å². The molecule has 1 unspecified atom stereocenters. The first kappa shape index (κ1) is 25.1.